The van der Waals surface area contributed by atoms with Crippen LogP contribution in [0.5, 0.6) is 17.2 Å². The molecule has 4 unspecified atom stereocenters. The number of allylic oxidation sites excluding steroid dienone is 6. The summed E-state index contributed by atoms with van der Waals surface area (Å²) in [5, 5.41) is 19.2. The van der Waals surface area contributed by atoms with Crippen molar-refractivity contribution >= 4 is 29.4 Å². The smallest absolute Gasteiger partial charge is 0.303 e. The van der Waals surface area contributed by atoms with Crippen LogP contribution in [0, 0.1) is 17.8 Å². The quantitative estimate of drug-likeness (QED) is 0.199. The van der Waals surface area contributed by atoms with Gasteiger partial charge in [0.05, 0.1) is 26.1 Å². The Bertz CT molecular complexity index is 1420. The SMILES string of the molecule is COc1cc(O)cc(OC)c1C1C2=CCC3C(=O)N(CCCCCC(=O)O)C(=O)C3C2CC2=C1C(=O)C(C)=CC2=O. The summed E-state index contributed by atoms with van der Waals surface area (Å²) in [6.07, 6.45) is 5.27. The number of carbonyl (C=O) groups is 5. The molecule has 1 heterocycles. The second kappa shape index (κ2) is 11.0. The monoisotopic (exact) mass is 563 g/mol. The first-order valence-electron chi connectivity index (χ1n) is 13.8. The molecule has 0 saturated carbocycles. The van der Waals surface area contributed by atoms with Crippen molar-refractivity contribution < 1.29 is 43.7 Å². The highest BCUT2D eigenvalue weighted by atomic mass is 16.5. The van der Waals surface area contributed by atoms with Crippen LogP contribution in [0.15, 0.2) is 46.6 Å². The summed E-state index contributed by atoms with van der Waals surface area (Å²) in [5.41, 5.74) is 2.16. The van der Waals surface area contributed by atoms with E-state index in [4.69, 9.17) is 14.6 Å². The summed E-state index contributed by atoms with van der Waals surface area (Å²) < 4.78 is 11.2. The van der Waals surface area contributed by atoms with Gasteiger partial charge < -0.3 is 19.7 Å². The number of rotatable bonds is 9. The Kier molecular flexibility index (Phi) is 7.59. The van der Waals surface area contributed by atoms with Gasteiger partial charge in [0.15, 0.2) is 11.6 Å². The van der Waals surface area contributed by atoms with Crippen LogP contribution in [0.4, 0.5) is 0 Å². The number of hydrogen-bond donors (Lipinski definition) is 2. The third kappa shape index (κ3) is 4.75. The predicted octanol–water partition coefficient (Wildman–Crippen LogP) is 3.48. The van der Waals surface area contributed by atoms with E-state index in [1.54, 1.807) is 6.92 Å². The maximum atomic E-state index is 13.8. The summed E-state index contributed by atoms with van der Waals surface area (Å²) in [6, 6.07) is 2.84. The maximum absolute atomic E-state index is 13.8. The number of hydrogen-bond acceptors (Lipinski definition) is 8. The molecule has 0 radical (unpaired) electrons. The highest BCUT2D eigenvalue weighted by molar-refractivity contribution is 6.24. The van der Waals surface area contributed by atoms with Gasteiger partial charge in [-0.05, 0) is 44.6 Å². The lowest BCUT2D eigenvalue weighted by Gasteiger charge is -2.42. The van der Waals surface area contributed by atoms with Gasteiger partial charge in [-0.2, -0.15) is 0 Å². The van der Waals surface area contributed by atoms with E-state index in [0.29, 0.717) is 48.0 Å². The number of fused-ring (bicyclic) bond motifs is 3. The average molecular weight is 564 g/mol. The van der Waals surface area contributed by atoms with E-state index in [9.17, 15) is 29.1 Å². The van der Waals surface area contributed by atoms with E-state index >= 15 is 0 Å². The number of ether oxygens (including phenoxy) is 2. The molecule has 0 spiro atoms. The van der Waals surface area contributed by atoms with Crippen molar-refractivity contribution in [2.45, 2.75) is 51.4 Å². The number of methoxy groups -OCH3 is 2. The molecule has 3 aliphatic carbocycles. The minimum absolute atomic E-state index is 0.0339. The van der Waals surface area contributed by atoms with Crippen molar-refractivity contribution in [3.63, 3.8) is 0 Å². The Morgan fingerprint density at radius 3 is 2.32 bits per heavy atom. The second-order valence-corrected chi connectivity index (χ2v) is 11.0. The number of benzene rings is 1. The molecule has 10 heteroatoms. The van der Waals surface area contributed by atoms with Crippen LogP contribution in [-0.4, -0.2) is 65.2 Å². The lowest BCUT2D eigenvalue weighted by Crippen LogP contribution is -2.40. The van der Waals surface area contributed by atoms with Gasteiger partial charge in [0, 0.05) is 53.3 Å². The molecular weight excluding hydrogens is 530 g/mol. The molecule has 4 atom stereocenters. The molecular formula is C31H33NO9. The molecule has 41 heavy (non-hydrogen) atoms. The van der Waals surface area contributed by atoms with Gasteiger partial charge in [-0.3, -0.25) is 28.9 Å². The number of phenolic OH excluding ortho intramolecular Hbond substituents is 1. The largest absolute Gasteiger partial charge is 0.508 e. The van der Waals surface area contributed by atoms with Crippen LogP contribution in [0.1, 0.15) is 56.9 Å². The van der Waals surface area contributed by atoms with Crippen molar-refractivity contribution in [3.8, 4) is 17.2 Å². The van der Waals surface area contributed by atoms with Crippen LogP contribution in [0.25, 0.3) is 0 Å². The number of carbonyl (C=O) groups excluding carboxylic acids is 4. The number of carboxylic acids is 1. The van der Waals surface area contributed by atoms with E-state index in [0.717, 1.165) is 5.57 Å². The van der Waals surface area contributed by atoms with Crippen molar-refractivity contribution in [1.29, 1.82) is 0 Å². The number of nitrogens with zero attached hydrogens (tertiary/aromatic N) is 1. The maximum Gasteiger partial charge on any atom is 0.303 e. The number of carboxylic acid groups (broad SMARTS) is 1. The molecule has 2 amide bonds. The number of Topliss-reactive ketones (excluding diaryl/α,β-unsaturated/α-hetero) is 1. The van der Waals surface area contributed by atoms with Crippen LogP contribution in [0.2, 0.25) is 0 Å². The molecule has 10 nitrogen and oxygen atoms in total. The van der Waals surface area contributed by atoms with Crippen molar-refractivity contribution in [3.05, 3.63) is 52.1 Å². The van der Waals surface area contributed by atoms with Crippen LogP contribution < -0.4 is 9.47 Å². The predicted molar refractivity (Wildman–Crippen MR) is 145 cm³/mol. The number of phenols is 1. The van der Waals surface area contributed by atoms with Gasteiger partial charge in [0.2, 0.25) is 11.8 Å². The topological polar surface area (TPSA) is 148 Å². The molecule has 1 aromatic carbocycles. The summed E-state index contributed by atoms with van der Waals surface area (Å²) in [5.74, 6) is -4.12. The summed E-state index contributed by atoms with van der Waals surface area (Å²) in [6.45, 7) is 1.81. The summed E-state index contributed by atoms with van der Waals surface area (Å²) in [4.78, 5) is 66.3. The van der Waals surface area contributed by atoms with Gasteiger partial charge >= 0.3 is 5.97 Å². The zero-order chi connectivity index (χ0) is 29.6. The van der Waals surface area contributed by atoms with E-state index in [1.807, 2.05) is 6.08 Å². The first-order chi connectivity index (χ1) is 19.6. The molecule has 2 N–H and O–H groups in total. The minimum atomic E-state index is -0.883. The fourth-order valence-corrected chi connectivity index (χ4v) is 6.91. The Morgan fingerprint density at radius 2 is 1.68 bits per heavy atom. The lowest BCUT2D eigenvalue weighted by molar-refractivity contribution is -0.141. The Balaban J connectivity index is 1.57. The molecule has 1 aromatic rings. The number of aliphatic carboxylic acids is 1. The first-order valence-corrected chi connectivity index (χ1v) is 13.8. The summed E-state index contributed by atoms with van der Waals surface area (Å²) >= 11 is 0. The molecule has 1 fully saturated rings. The fraction of sp³-hybridized carbons (Fsp3) is 0.452. The number of ketones is 2. The minimum Gasteiger partial charge on any atom is -0.508 e. The van der Waals surface area contributed by atoms with Gasteiger partial charge in [0.25, 0.3) is 0 Å². The van der Waals surface area contributed by atoms with E-state index in [2.05, 4.69) is 0 Å². The lowest BCUT2D eigenvalue weighted by atomic mass is 9.59. The van der Waals surface area contributed by atoms with Crippen LogP contribution >= 0.6 is 0 Å². The van der Waals surface area contributed by atoms with Crippen LogP contribution in [-0.2, 0) is 24.0 Å². The van der Waals surface area contributed by atoms with Crippen molar-refractivity contribution in [2.24, 2.45) is 17.8 Å². The van der Waals surface area contributed by atoms with E-state index < -0.39 is 29.6 Å². The molecule has 4 aliphatic rings. The highest BCUT2D eigenvalue weighted by Gasteiger charge is 2.56. The number of amides is 2. The number of aromatic hydroxyl groups is 1. The average Bonchev–Trinajstić information content (AvgIpc) is 3.19. The standard InChI is InChI=1S/C31H33NO9/c1-15-11-21(34)20-14-19-17(26(27(20)29(15)37)28-22(40-2)12-16(33)13-23(28)41-3)8-9-18-25(19)31(39)32(30(18)38)10-6-4-5-7-24(35)36/h8,11-13,18-19,25-26,33H,4-7,9-10,14H2,1-3H3,(H,35,36). The van der Waals surface area contributed by atoms with Gasteiger partial charge in [-0.1, -0.05) is 18.1 Å². The normalized spacial score (nSPS) is 25.4. The zero-order valence-corrected chi connectivity index (χ0v) is 23.3. The summed E-state index contributed by atoms with van der Waals surface area (Å²) in [7, 11) is 2.87. The number of imide groups is 1. The molecule has 0 bridgehead atoms. The third-order valence-corrected chi connectivity index (χ3v) is 8.75. The van der Waals surface area contributed by atoms with Crippen molar-refractivity contribution in [1.82, 2.24) is 4.90 Å². The Hall–Kier alpha value is -4.21. The zero-order valence-electron chi connectivity index (χ0n) is 23.3. The number of likely N-dealkylation sites (tertiary alicyclic amines) is 1. The molecule has 1 saturated heterocycles. The number of unbranched alkanes of at least 4 members (excludes halogenated alkanes) is 2. The molecule has 216 valence electrons. The van der Waals surface area contributed by atoms with Crippen LogP contribution in [0.3, 0.4) is 0 Å². The highest BCUT2D eigenvalue weighted by Crippen LogP contribution is 2.58. The molecule has 5 rings (SSSR count). The van der Waals surface area contributed by atoms with Gasteiger partial charge in [-0.15, -0.1) is 0 Å². The van der Waals surface area contributed by atoms with Gasteiger partial charge in [0.1, 0.15) is 17.2 Å². The fourth-order valence-electron chi connectivity index (χ4n) is 6.91. The second-order valence-electron chi connectivity index (χ2n) is 11.0. The van der Waals surface area contributed by atoms with E-state index in [1.165, 1.54) is 37.3 Å². The first kappa shape index (κ1) is 28.3. The molecule has 0 aromatic heterocycles. The van der Waals surface area contributed by atoms with E-state index in [-0.39, 0.29) is 60.0 Å². The Morgan fingerprint density at radius 1 is 1.00 bits per heavy atom. The molecule has 1 aliphatic heterocycles. The van der Waals surface area contributed by atoms with Gasteiger partial charge in [-0.25, -0.2) is 0 Å². The van der Waals surface area contributed by atoms with Crippen molar-refractivity contribution in [2.75, 3.05) is 20.8 Å². The Labute approximate surface area is 237 Å². The third-order valence-electron chi connectivity index (χ3n) is 8.75.